The summed E-state index contributed by atoms with van der Waals surface area (Å²) in [7, 11) is 1.56. The quantitative estimate of drug-likeness (QED) is 0.641. The molecule has 0 radical (unpaired) electrons. The second kappa shape index (κ2) is 4.78. The van der Waals surface area contributed by atoms with Gasteiger partial charge < -0.3 is 4.74 Å². The number of aromatic nitrogens is 3. The number of hydrogen-bond donors (Lipinski definition) is 1. The average molecular weight is 143 g/mol. The number of nitrogens with one attached hydrogen (secondary N) is 1. The highest BCUT2D eigenvalue weighted by Crippen LogP contribution is 2.05. The Morgan fingerprint density at radius 3 is 2.10 bits per heavy atom. The van der Waals surface area contributed by atoms with Crippen LogP contribution in [0.15, 0.2) is 0 Å². The molecule has 0 atom stereocenters. The van der Waals surface area contributed by atoms with Crippen LogP contribution in [0, 0.1) is 6.92 Å². The number of hydrogen-bond acceptors (Lipinski definition) is 3. The molecule has 4 nitrogen and oxygen atoms in total. The number of nitrogens with zero attached hydrogens (tertiary/aromatic N) is 2. The summed E-state index contributed by atoms with van der Waals surface area (Å²) in [5, 5.41) is 9.83. The molecular weight excluding hydrogens is 130 g/mol. The lowest BCUT2D eigenvalue weighted by molar-refractivity contribution is 0.394. The van der Waals surface area contributed by atoms with Crippen LogP contribution < -0.4 is 4.74 Å². The van der Waals surface area contributed by atoms with Crippen molar-refractivity contribution in [3.63, 3.8) is 0 Å². The summed E-state index contributed by atoms with van der Waals surface area (Å²) >= 11 is 0. The fraction of sp³-hybridized carbons (Fsp3) is 0.667. The van der Waals surface area contributed by atoms with E-state index in [4.69, 9.17) is 4.74 Å². The third-order valence-corrected chi connectivity index (χ3v) is 0.872. The van der Waals surface area contributed by atoms with Gasteiger partial charge in [0.1, 0.15) is 5.69 Å². The van der Waals surface area contributed by atoms with Crippen molar-refractivity contribution >= 4 is 0 Å². The van der Waals surface area contributed by atoms with E-state index in [2.05, 4.69) is 15.4 Å². The molecule has 0 aliphatic rings. The highest BCUT2D eigenvalue weighted by atomic mass is 16.5. The van der Waals surface area contributed by atoms with Crippen molar-refractivity contribution in [2.45, 2.75) is 20.8 Å². The van der Waals surface area contributed by atoms with Crippen molar-refractivity contribution in [2.24, 2.45) is 0 Å². The molecule has 0 aliphatic carbocycles. The molecule has 0 saturated heterocycles. The van der Waals surface area contributed by atoms with Gasteiger partial charge >= 0.3 is 0 Å². The fourth-order valence-electron chi connectivity index (χ4n) is 0.467. The maximum Gasteiger partial charge on any atom is 0.255 e. The first-order valence-corrected chi connectivity index (χ1v) is 3.26. The Morgan fingerprint density at radius 2 is 1.90 bits per heavy atom. The van der Waals surface area contributed by atoms with Crippen molar-refractivity contribution < 1.29 is 4.74 Å². The van der Waals surface area contributed by atoms with Gasteiger partial charge in [-0.1, -0.05) is 13.8 Å². The number of aryl methyl sites for hydroxylation is 1. The number of rotatable bonds is 1. The molecule has 1 heterocycles. The van der Waals surface area contributed by atoms with E-state index in [1.807, 2.05) is 20.8 Å². The van der Waals surface area contributed by atoms with Crippen LogP contribution in [-0.4, -0.2) is 22.5 Å². The van der Waals surface area contributed by atoms with Crippen molar-refractivity contribution in [2.75, 3.05) is 7.11 Å². The second-order valence-electron chi connectivity index (χ2n) is 1.42. The molecule has 1 rings (SSSR count). The summed E-state index contributed by atoms with van der Waals surface area (Å²) < 4.78 is 4.78. The van der Waals surface area contributed by atoms with Crippen molar-refractivity contribution in [3.8, 4) is 5.88 Å². The van der Waals surface area contributed by atoms with Gasteiger partial charge in [-0.25, -0.2) is 0 Å². The first-order chi connectivity index (χ1) is 4.84. The Bertz CT molecular complexity index is 173. The lowest BCUT2D eigenvalue weighted by Gasteiger charge is -1.88. The van der Waals surface area contributed by atoms with Gasteiger partial charge in [0, 0.05) is 0 Å². The van der Waals surface area contributed by atoms with Gasteiger partial charge in [0.15, 0.2) is 0 Å². The monoisotopic (exact) mass is 143 g/mol. The Morgan fingerprint density at radius 1 is 1.30 bits per heavy atom. The molecule has 0 saturated carbocycles. The van der Waals surface area contributed by atoms with Gasteiger partial charge in [-0.15, -0.1) is 5.10 Å². The van der Waals surface area contributed by atoms with E-state index in [1.165, 1.54) is 0 Å². The Balaban J connectivity index is 0.000000371. The molecule has 58 valence electrons. The van der Waals surface area contributed by atoms with E-state index in [1.54, 1.807) is 7.11 Å². The molecule has 4 heteroatoms. The fourth-order valence-corrected chi connectivity index (χ4v) is 0.467. The normalized spacial score (nSPS) is 8.00. The molecule has 1 N–H and O–H groups in total. The summed E-state index contributed by atoms with van der Waals surface area (Å²) in [6.07, 6.45) is 0. The predicted octanol–water partition coefficient (Wildman–Crippen LogP) is 1.15. The van der Waals surface area contributed by atoms with Crippen LogP contribution in [0.3, 0.4) is 0 Å². The molecule has 0 aromatic carbocycles. The van der Waals surface area contributed by atoms with Crippen LogP contribution in [0.1, 0.15) is 19.5 Å². The van der Waals surface area contributed by atoms with Gasteiger partial charge in [0.05, 0.1) is 7.11 Å². The summed E-state index contributed by atoms with van der Waals surface area (Å²) in [6, 6.07) is 0. The van der Waals surface area contributed by atoms with Crippen molar-refractivity contribution in [1.29, 1.82) is 0 Å². The molecule has 0 aliphatic heterocycles. The third kappa shape index (κ3) is 2.05. The van der Waals surface area contributed by atoms with Gasteiger partial charge in [-0.05, 0) is 6.92 Å². The lowest BCUT2D eigenvalue weighted by Crippen LogP contribution is -1.83. The van der Waals surface area contributed by atoms with Crippen LogP contribution in [0.25, 0.3) is 0 Å². The summed E-state index contributed by atoms with van der Waals surface area (Å²) in [6.45, 7) is 5.82. The lowest BCUT2D eigenvalue weighted by atomic mass is 10.5. The largest absolute Gasteiger partial charge is 0.479 e. The van der Waals surface area contributed by atoms with Crippen LogP contribution in [0.4, 0.5) is 0 Å². The maximum absolute atomic E-state index is 4.78. The predicted molar refractivity (Wildman–Crippen MR) is 39.0 cm³/mol. The smallest absolute Gasteiger partial charge is 0.255 e. The van der Waals surface area contributed by atoms with Gasteiger partial charge in [0.2, 0.25) is 0 Å². The van der Waals surface area contributed by atoms with Crippen molar-refractivity contribution in [3.05, 3.63) is 5.69 Å². The van der Waals surface area contributed by atoms with Crippen LogP contribution in [-0.2, 0) is 0 Å². The van der Waals surface area contributed by atoms with E-state index >= 15 is 0 Å². The molecule has 0 fully saturated rings. The van der Waals surface area contributed by atoms with Crippen molar-refractivity contribution in [1.82, 2.24) is 15.4 Å². The van der Waals surface area contributed by atoms with E-state index in [-0.39, 0.29) is 0 Å². The summed E-state index contributed by atoms with van der Waals surface area (Å²) in [5.41, 5.74) is 0.785. The van der Waals surface area contributed by atoms with E-state index < -0.39 is 0 Å². The molecule has 10 heavy (non-hydrogen) atoms. The molecule has 0 unspecified atom stereocenters. The summed E-state index contributed by atoms with van der Waals surface area (Å²) in [4.78, 5) is 0. The molecule has 1 aromatic heterocycles. The minimum absolute atomic E-state index is 0.560. The van der Waals surface area contributed by atoms with Crippen LogP contribution in [0.2, 0.25) is 0 Å². The van der Waals surface area contributed by atoms with E-state index in [9.17, 15) is 0 Å². The minimum Gasteiger partial charge on any atom is -0.479 e. The van der Waals surface area contributed by atoms with Gasteiger partial charge in [-0.3, -0.25) is 0 Å². The average Bonchev–Trinajstić information content (AvgIpc) is 2.39. The molecule has 0 amide bonds. The zero-order valence-corrected chi connectivity index (χ0v) is 6.80. The van der Waals surface area contributed by atoms with E-state index in [0.717, 1.165) is 5.69 Å². The minimum atomic E-state index is 0.560. The topological polar surface area (TPSA) is 50.8 Å². The Hall–Kier alpha value is -1.06. The third-order valence-electron chi connectivity index (χ3n) is 0.872. The van der Waals surface area contributed by atoms with Crippen LogP contribution in [0.5, 0.6) is 5.88 Å². The number of methoxy groups -OCH3 is 1. The van der Waals surface area contributed by atoms with Gasteiger partial charge in [-0.2, -0.15) is 10.3 Å². The zero-order chi connectivity index (χ0) is 7.98. The molecule has 0 bridgehead atoms. The SMILES string of the molecule is CC.COc1n[nH]nc1C. The Labute approximate surface area is 60.6 Å². The number of H-pyrrole nitrogens is 1. The van der Waals surface area contributed by atoms with Gasteiger partial charge in [0.25, 0.3) is 5.88 Å². The number of aromatic amines is 1. The molecular formula is C6H13N3O. The maximum atomic E-state index is 4.78. The van der Waals surface area contributed by atoms with Crippen LogP contribution >= 0.6 is 0 Å². The first kappa shape index (κ1) is 8.94. The highest BCUT2D eigenvalue weighted by molar-refractivity contribution is 5.11. The first-order valence-electron chi connectivity index (χ1n) is 3.26. The summed E-state index contributed by atoms with van der Waals surface area (Å²) in [5.74, 6) is 0.560. The van der Waals surface area contributed by atoms with E-state index in [0.29, 0.717) is 5.88 Å². The highest BCUT2D eigenvalue weighted by Gasteiger charge is 1.97. The second-order valence-corrected chi connectivity index (χ2v) is 1.42. The zero-order valence-electron chi connectivity index (χ0n) is 6.80. The molecule has 1 aromatic rings. The number of ether oxygens (including phenoxy) is 1. The Kier molecular flexibility index (Phi) is 4.28. The molecule has 0 spiro atoms. The standard InChI is InChI=1S/C4H7N3O.C2H6/c1-3-4(8-2)6-7-5-3;1-2/h1-2H3,(H,5,6,7);1-2H3.